The van der Waals surface area contributed by atoms with E-state index in [4.69, 9.17) is 10.5 Å². The summed E-state index contributed by atoms with van der Waals surface area (Å²) >= 11 is 0. The summed E-state index contributed by atoms with van der Waals surface area (Å²) in [7, 11) is 3.22. The quantitative estimate of drug-likeness (QED) is 0.653. The van der Waals surface area contributed by atoms with E-state index in [-0.39, 0.29) is 17.1 Å². The van der Waals surface area contributed by atoms with Gasteiger partial charge in [-0.3, -0.25) is 4.79 Å². The number of aromatic nitrogens is 3. The van der Waals surface area contributed by atoms with Gasteiger partial charge < -0.3 is 19.9 Å². The molecule has 30 heavy (non-hydrogen) atoms. The van der Waals surface area contributed by atoms with E-state index in [9.17, 15) is 9.18 Å². The fraction of sp³-hybridized carbons (Fsp3) is 0.318. The van der Waals surface area contributed by atoms with Crippen molar-refractivity contribution in [3.8, 4) is 17.1 Å². The number of imidazole rings is 1. The largest absolute Gasteiger partial charge is 0.494 e. The summed E-state index contributed by atoms with van der Waals surface area (Å²) in [5.41, 5.74) is 6.25. The number of aryl methyl sites for hydroxylation is 1. The van der Waals surface area contributed by atoms with E-state index in [1.165, 1.54) is 13.2 Å². The van der Waals surface area contributed by atoms with Crippen LogP contribution in [0.3, 0.4) is 0 Å². The first-order chi connectivity index (χ1) is 14.4. The molecule has 0 saturated carbocycles. The number of primary amides is 1. The first-order valence-corrected chi connectivity index (χ1v) is 9.77. The number of carbonyl (C=O) groups excluding carboxylic acids is 1. The summed E-state index contributed by atoms with van der Waals surface area (Å²) in [6, 6.07) is 5.80. The molecule has 4 rings (SSSR count). The molecule has 1 aromatic carbocycles. The number of nitrogens with zero attached hydrogens (tertiary/aromatic N) is 4. The number of pyridine rings is 1. The minimum Gasteiger partial charge on any atom is -0.494 e. The Balaban J connectivity index is 1.80. The number of methoxy groups -OCH3 is 1. The van der Waals surface area contributed by atoms with Gasteiger partial charge in [0.2, 0.25) is 0 Å². The van der Waals surface area contributed by atoms with Gasteiger partial charge in [0, 0.05) is 30.9 Å². The number of amides is 1. The van der Waals surface area contributed by atoms with Crippen LogP contribution in [0.2, 0.25) is 0 Å². The van der Waals surface area contributed by atoms with Gasteiger partial charge in [0.05, 0.1) is 12.7 Å². The third-order valence-electron chi connectivity index (χ3n) is 5.79. The van der Waals surface area contributed by atoms with E-state index in [2.05, 4.69) is 28.4 Å². The molecule has 3 aromatic rings. The normalized spacial score (nSPS) is 18.7. The molecule has 0 radical (unpaired) electrons. The van der Waals surface area contributed by atoms with Gasteiger partial charge in [-0.25, -0.2) is 14.4 Å². The monoisotopic (exact) mass is 409 g/mol. The van der Waals surface area contributed by atoms with Gasteiger partial charge in [-0.2, -0.15) is 0 Å². The number of benzene rings is 1. The average molecular weight is 409 g/mol. The molecule has 2 atom stereocenters. The van der Waals surface area contributed by atoms with Crippen molar-refractivity contribution in [3.63, 3.8) is 0 Å². The number of anilines is 1. The van der Waals surface area contributed by atoms with Crippen LogP contribution in [-0.2, 0) is 7.05 Å². The Morgan fingerprint density at radius 2 is 2.17 bits per heavy atom. The molecule has 0 spiro atoms. The molecule has 2 N–H and O–H groups in total. The topological polar surface area (TPSA) is 86.3 Å². The lowest BCUT2D eigenvalue weighted by Crippen LogP contribution is -2.33. The summed E-state index contributed by atoms with van der Waals surface area (Å²) in [4.78, 5) is 22.9. The molecule has 0 unspecified atom stereocenters. The van der Waals surface area contributed by atoms with Gasteiger partial charge in [-0.1, -0.05) is 6.08 Å². The molecule has 1 saturated heterocycles. The lowest BCUT2D eigenvalue weighted by Gasteiger charge is -2.27. The van der Waals surface area contributed by atoms with E-state index in [0.717, 1.165) is 24.2 Å². The Morgan fingerprint density at radius 1 is 1.40 bits per heavy atom. The summed E-state index contributed by atoms with van der Waals surface area (Å²) in [5.74, 6) is 0.0717. The number of rotatable bonds is 5. The van der Waals surface area contributed by atoms with Crippen LogP contribution in [-0.4, -0.2) is 39.6 Å². The zero-order valence-electron chi connectivity index (χ0n) is 17.2. The first kappa shape index (κ1) is 19.9. The Morgan fingerprint density at radius 3 is 2.77 bits per heavy atom. The summed E-state index contributed by atoms with van der Waals surface area (Å²) in [6.45, 7) is 6.11. The van der Waals surface area contributed by atoms with Crippen LogP contribution in [0.5, 0.6) is 5.75 Å². The van der Waals surface area contributed by atoms with Gasteiger partial charge >= 0.3 is 0 Å². The minimum atomic E-state index is -0.873. The molecular weight excluding hydrogens is 385 g/mol. The molecule has 1 aliphatic heterocycles. The molecule has 7 nitrogen and oxygen atoms in total. The SMILES string of the molecule is C=C[C@H]1CC[C@H](C)N1c1ccc(-c2nc3c(F)c(C(N)=O)cc(OC)c3n2C)cn1. The Kier molecular flexibility index (Phi) is 4.93. The standard InChI is InChI=1S/C22H24FN5O2/c1-5-14-8-6-12(2)28(14)17-9-7-13(11-25-17)22-26-19-18(23)15(21(24)29)10-16(30-4)20(19)27(22)3/h5,7,9-12,14H,1,6,8H2,2-4H3,(H2,24,29)/t12-,14-/m0/s1. The number of hydrogen-bond donors (Lipinski definition) is 1. The maximum atomic E-state index is 14.9. The molecule has 2 aromatic heterocycles. The van der Waals surface area contributed by atoms with Crippen molar-refractivity contribution in [1.29, 1.82) is 0 Å². The maximum Gasteiger partial charge on any atom is 0.251 e. The molecule has 1 fully saturated rings. The third kappa shape index (κ3) is 2.99. The van der Waals surface area contributed by atoms with Crippen molar-refractivity contribution in [3.05, 3.63) is 48.4 Å². The summed E-state index contributed by atoms with van der Waals surface area (Å²) in [6.07, 6.45) is 5.82. The first-order valence-electron chi connectivity index (χ1n) is 9.77. The van der Waals surface area contributed by atoms with Crippen LogP contribution in [0, 0.1) is 5.82 Å². The molecular formula is C22H24FN5O2. The number of halogens is 1. The van der Waals surface area contributed by atoms with Gasteiger partial charge in [0.1, 0.15) is 28.4 Å². The van der Waals surface area contributed by atoms with Gasteiger partial charge in [0.15, 0.2) is 5.82 Å². The highest BCUT2D eigenvalue weighted by atomic mass is 19.1. The Labute approximate surface area is 174 Å². The van der Waals surface area contributed by atoms with Crippen LogP contribution in [0.1, 0.15) is 30.1 Å². The number of hydrogen-bond acceptors (Lipinski definition) is 5. The lowest BCUT2D eigenvalue weighted by atomic mass is 10.1. The van der Waals surface area contributed by atoms with Crippen LogP contribution in [0.15, 0.2) is 37.1 Å². The van der Waals surface area contributed by atoms with Crippen LogP contribution in [0.4, 0.5) is 10.2 Å². The van der Waals surface area contributed by atoms with Crippen LogP contribution < -0.4 is 15.4 Å². The number of nitrogens with two attached hydrogens (primary N) is 1. The van der Waals surface area contributed by atoms with Crippen molar-refractivity contribution < 1.29 is 13.9 Å². The second-order valence-corrected chi connectivity index (χ2v) is 7.54. The van der Waals surface area contributed by atoms with Crippen molar-refractivity contribution in [2.24, 2.45) is 12.8 Å². The van der Waals surface area contributed by atoms with E-state index in [0.29, 0.717) is 23.1 Å². The van der Waals surface area contributed by atoms with E-state index in [1.54, 1.807) is 17.8 Å². The molecule has 8 heteroatoms. The minimum absolute atomic E-state index is 0.0320. The number of carbonyl (C=O) groups is 1. The second-order valence-electron chi connectivity index (χ2n) is 7.54. The summed E-state index contributed by atoms with van der Waals surface area (Å²) in [5, 5.41) is 0. The van der Waals surface area contributed by atoms with E-state index >= 15 is 0 Å². The van der Waals surface area contributed by atoms with Gasteiger partial charge in [-0.05, 0) is 38.0 Å². The van der Waals surface area contributed by atoms with Gasteiger partial charge in [0.25, 0.3) is 5.91 Å². The molecule has 0 bridgehead atoms. The molecule has 0 aliphatic carbocycles. The zero-order valence-corrected chi connectivity index (χ0v) is 17.2. The summed E-state index contributed by atoms with van der Waals surface area (Å²) < 4.78 is 22.0. The lowest BCUT2D eigenvalue weighted by molar-refractivity contribution is 0.0996. The highest BCUT2D eigenvalue weighted by Crippen LogP contribution is 2.35. The highest BCUT2D eigenvalue weighted by molar-refractivity contribution is 5.99. The van der Waals surface area contributed by atoms with Crippen LogP contribution in [0.25, 0.3) is 22.4 Å². The average Bonchev–Trinajstić information content (AvgIpc) is 3.29. The maximum absolute atomic E-state index is 14.9. The fourth-order valence-electron chi connectivity index (χ4n) is 4.23. The predicted octanol–water partition coefficient (Wildman–Crippen LogP) is 3.43. The van der Waals surface area contributed by atoms with Gasteiger partial charge in [-0.15, -0.1) is 6.58 Å². The fourth-order valence-corrected chi connectivity index (χ4v) is 4.23. The van der Waals surface area contributed by atoms with E-state index < -0.39 is 11.7 Å². The van der Waals surface area contributed by atoms with Crippen molar-refractivity contribution in [2.45, 2.75) is 31.8 Å². The smallest absolute Gasteiger partial charge is 0.251 e. The molecule has 3 heterocycles. The Hall–Kier alpha value is -3.42. The second kappa shape index (κ2) is 7.44. The van der Waals surface area contributed by atoms with Crippen molar-refractivity contribution >= 4 is 22.8 Å². The van der Waals surface area contributed by atoms with Crippen LogP contribution >= 0.6 is 0 Å². The number of fused-ring (bicyclic) bond motifs is 1. The molecule has 156 valence electrons. The molecule has 1 amide bonds. The van der Waals surface area contributed by atoms with Crippen molar-refractivity contribution in [1.82, 2.24) is 14.5 Å². The predicted molar refractivity (Wildman–Crippen MR) is 114 cm³/mol. The third-order valence-corrected chi connectivity index (χ3v) is 5.79. The van der Waals surface area contributed by atoms with E-state index in [1.807, 2.05) is 18.2 Å². The highest BCUT2D eigenvalue weighted by Gasteiger charge is 2.29. The van der Waals surface area contributed by atoms with Crippen molar-refractivity contribution in [2.75, 3.05) is 12.0 Å². The zero-order chi connectivity index (χ0) is 21.6. The molecule has 1 aliphatic rings. The Bertz CT molecular complexity index is 1140. The number of ether oxygens (including phenoxy) is 1.